The monoisotopic (exact) mass is 339 g/mol. The number of imidazole rings is 1. The van der Waals surface area contributed by atoms with Crippen LogP contribution < -0.4 is 10.1 Å². The summed E-state index contributed by atoms with van der Waals surface area (Å²) in [5, 5.41) is 11.7. The number of aromatic nitrogens is 2. The largest absolute Gasteiger partial charge is 0.487 e. The molecule has 1 amide bonds. The molecule has 0 aliphatic carbocycles. The molecule has 0 bridgehead atoms. The second-order valence-electron chi connectivity index (χ2n) is 6.08. The van der Waals surface area contributed by atoms with Gasteiger partial charge in [0.2, 0.25) is 0 Å². The van der Waals surface area contributed by atoms with Gasteiger partial charge in [0.25, 0.3) is 5.91 Å². The molecule has 0 spiro atoms. The van der Waals surface area contributed by atoms with Crippen molar-refractivity contribution in [3.8, 4) is 5.75 Å². The topological polar surface area (TPSA) is 75.9 Å². The van der Waals surface area contributed by atoms with Crippen molar-refractivity contribution in [2.45, 2.75) is 26.5 Å². The summed E-state index contributed by atoms with van der Waals surface area (Å²) in [6.07, 6.45) is 3.95. The van der Waals surface area contributed by atoms with E-state index in [1.807, 2.05) is 35.9 Å². The first-order valence-corrected chi connectivity index (χ1v) is 8.14. The molecule has 0 aliphatic rings. The molecule has 2 N–H and O–H groups in total. The van der Waals surface area contributed by atoms with Crippen molar-refractivity contribution in [2.75, 3.05) is 6.61 Å². The van der Waals surface area contributed by atoms with Gasteiger partial charge >= 0.3 is 0 Å². The summed E-state index contributed by atoms with van der Waals surface area (Å²) in [4.78, 5) is 16.6. The van der Waals surface area contributed by atoms with E-state index in [2.05, 4.69) is 10.3 Å². The van der Waals surface area contributed by atoms with Crippen molar-refractivity contribution in [2.24, 2.45) is 0 Å². The van der Waals surface area contributed by atoms with Gasteiger partial charge in [-0.25, -0.2) is 4.98 Å². The van der Waals surface area contributed by atoms with Crippen LogP contribution in [-0.2, 0) is 6.61 Å². The van der Waals surface area contributed by atoms with Crippen molar-refractivity contribution in [1.82, 2.24) is 14.7 Å². The summed E-state index contributed by atoms with van der Waals surface area (Å²) in [6, 6.07) is 10.6. The lowest BCUT2D eigenvalue weighted by Gasteiger charge is -2.11. The van der Waals surface area contributed by atoms with Crippen molar-refractivity contribution < 1.29 is 14.6 Å². The van der Waals surface area contributed by atoms with E-state index < -0.39 is 0 Å². The molecule has 0 radical (unpaired) electrons. The van der Waals surface area contributed by atoms with Crippen molar-refractivity contribution >= 4 is 11.6 Å². The van der Waals surface area contributed by atoms with Crippen LogP contribution in [0.25, 0.3) is 5.65 Å². The average molecular weight is 339 g/mol. The number of ether oxygens (including phenoxy) is 1. The predicted molar refractivity (Wildman–Crippen MR) is 94.7 cm³/mol. The van der Waals surface area contributed by atoms with Crippen LogP contribution in [0.5, 0.6) is 5.75 Å². The molecule has 0 saturated carbocycles. The number of aliphatic hydroxyl groups is 1. The van der Waals surface area contributed by atoms with Gasteiger partial charge in [-0.3, -0.25) is 4.79 Å². The van der Waals surface area contributed by atoms with Crippen LogP contribution in [0.4, 0.5) is 0 Å². The minimum Gasteiger partial charge on any atom is -0.487 e. The maximum Gasteiger partial charge on any atom is 0.251 e. The Kier molecular flexibility index (Phi) is 5.00. The number of rotatable bonds is 6. The molecule has 2 aromatic heterocycles. The SMILES string of the molecule is Cc1ccc2nc(COc3cccc(C(=O)NC(C)CO)c3)cn2c1. The number of hydrogen-bond donors (Lipinski definition) is 2. The smallest absolute Gasteiger partial charge is 0.251 e. The van der Waals surface area contributed by atoms with E-state index in [9.17, 15) is 4.79 Å². The quantitative estimate of drug-likeness (QED) is 0.723. The summed E-state index contributed by atoms with van der Waals surface area (Å²) in [6.45, 7) is 3.99. The molecular formula is C19H21N3O3. The third-order valence-electron chi connectivity index (χ3n) is 3.78. The Morgan fingerprint density at radius 1 is 1.32 bits per heavy atom. The molecule has 0 aliphatic heterocycles. The summed E-state index contributed by atoms with van der Waals surface area (Å²) in [5.74, 6) is 0.354. The van der Waals surface area contributed by atoms with E-state index in [0.717, 1.165) is 16.9 Å². The summed E-state index contributed by atoms with van der Waals surface area (Å²) < 4.78 is 7.74. The molecule has 3 aromatic rings. The maximum atomic E-state index is 12.1. The number of nitrogens with one attached hydrogen (secondary N) is 1. The fraction of sp³-hybridized carbons (Fsp3) is 0.263. The summed E-state index contributed by atoms with van der Waals surface area (Å²) >= 11 is 0. The lowest BCUT2D eigenvalue weighted by atomic mass is 10.2. The van der Waals surface area contributed by atoms with Gasteiger partial charge in [0.1, 0.15) is 18.0 Å². The number of nitrogens with zero attached hydrogens (tertiary/aromatic N) is 2. The Morgan fingerprint density at radius 2 is 2.16 bits per heavy atom. The molecule has 6 heteroatoms. The molecule has 6 nitrogen and oxygen atoms in total. The lowest BCUT2D eigenvalue weighted by Crippen LogP contribution is -2.34. The molecule has 25 heavy (non-hydrogen) atoms. The zero-order valence-electron chi connectivity index (χ0n) is 14.3. The second kappa shape index (κ2) is 7.36. The number of carbonyl (C=O) groups excluding carboxylic acids is 1. The maximum absolute atomic E-state index is 12.1. The van der Waals surface area contributed by atoms with Crippen LogP contribution in [0.2, 0.25) is 0 Å². The summed E-state index contributed by atoms with van der Waals surface area (Å²) in [5.41, 5.74) is 3.33. The highest BCUT2D eigenvalue weighted by molar-refractivity contribution is 5.94. The minimum atomic E-state index is -0.293. The molecule has 1 aromatic carbocycles. The molecule has 130 valence electrons. The van der Waals surface area contributed by atoms with Crippen LogP contribution in [0.15, 0.2) is 48.8 Å². The number of hydrogen-bond acceptors (Lipinski definition) is 4. The number of pyridine rings is 1. The molecule has 1 unspecified atom stereocenters. The number of amides is 1. The van der Waals surface area contributed by atoms with Gasteiger partial charge < -0.3 is 19.6 Å². The molecule has 1 atom stereocenters. The Hall–Kier alpha value is -2.86. The lowest BCUT2D eigenvalue weighted by molar-refractivity contribution is 0.0922. The van der Waals surface area contributed by atoms with Crippen molar-refractivity contribution in [1.29, 1.82) is 0 Å². The first kappa shape index (κ1) is 17.0. The van der Waals surface area contributed by atoms with E-state index in [1.54, 1.807) is 31.2 Å². The third-order valence-corrected chi connectivity index (χ3v) is 3.78. The average Bonchev–Trinajstić information content (AvgIpc) is 3.02. The van der Waals surface area contributed by atoms with E-state index in [0.29, 0.717) is 17.9 Å². The predicted octanol–water partition coefficient (Wildman–Crippen LogP) is 2.33. The fourth-order valence-corrected chi connectivity index (χ4v) is 2.46. The van der Waals surface area contributed by atoms with Crippen molar-refractivity contribution in [3.05, 3.63) is 65.6 Å². The molecule has 3 rings (SSSR count). The summed E-state index contributed by atoms with van der Waals surface area (Å²) in [7, 11) is 0. The van der Waals surface area contributed by atoms with Crippen molar-refractivity contribution in [3.63, 3.8) is 0 Å². The number of benzene rings is 1. The van der Waals surface area contributed by atoms with Gasteiger partial charge in [-0.15, -0.1) is 0 Å². The second-order valence-corrected chi connectivity index (χ2v) is 6.08. The van der Waals surface area contributed by atoms with Gasteiger partial charge in [0.15, 0.2) is 0 Å². The van der Waals surface area contributed by atoms with Gasteiger partial charge in [0.05, 0.1) is 12.3 Å². The molecule has 2 heterocycles. The standard InChI is InChI=1S/C19H21N3O3/c1-13-6-7-18-21-16(10-22(18)9-13)12-25-17-5-3-4-15(8-17)19(24)20-14(2)11-23/h3-10,14,23H,11-12H2,1-2H3,(H,20,24). The Labute approximate surface area is 146 Å². The highest BCUT2D eigenvalue weighted by atomic mass is 16.5. The first-order valence-electron chi connectivity index (χ1n) is 8.14. The van der Waals surface area contributed by atoms with Gasteiger partial charge in [-0.1, -0.05) is 12.1 Å². The molecule has 0 fully saturated rings. The van der Waals surface area contributed by atoms with Gasteiger partial charge in [-0.05, 0) is 43.7 Å². The van der Waals surface area contributed by atoms with E-state index in [4.69, 9.17) is 9.84 Å². The highest BCUT2D eigenvalue weighted by Crippen LogP contribution is 2.16. The Morgan fingerprint density at radius 3 is 2.96 bits per heavy atom. The van der Waals surface area contributed by atoms with Crippen LogP contribution in [0.1, 0.15) is 28.5 Å². The van der Waals surface area contributed by atoms with Crippen LogP contribution in [0.3, 0.4) is 0 Å². The molecule has 0 saturated heterocycles. The van der Waals surface area contributed by atoms with E-state index in [-0.39, 0.29) is 18.6 Å². The first-order chi connectivity index (χ1) is 12.0. The van der Waals surface area contributed by atoms with E-state index >= 15 is 0 Å². The van der Waals surface area contributed by atoms with Gasteiger partial charge in [0, 0.05) is 24.0 Å². The van der Waals surface area contributed by atoms with Crippen LogP contribution >= 0.6 is 0 Å². The number of aliphatic hydroxyl groups excluding tert-OH is 1. The number of carbonyl (C=O) groups is 1. The molecular weight excluding hydrogens is 318 g/mol. The zero-order valence-corrected chi connectivity index (χ0v) is 14.3. The third kappa shape index (κ3) is 4.16. The van der Waals surface area contributed by atoms with Crippen LogP contribution in [-0.4, -0.2) is 33.0 Å². The Bertz CT molecular complexity index is 889. The van der Waals surface area contributed by atoms with E-state index in [1.165, 1.54) is 0 Å². The van der Waals surface area contributed by atoms with Gasteiger partial charge in [-0.2, -0.15) is 0 Å². The fourth-order valence-electron chi connectivity index (χ4n) is 2.46. The minimum absolute atomic E-state index is 0.102. The number of fused-ring (bicyclic) bond motifs is 1. The highest BCUT2D eigenvalue weighted by Gasteiger charge is 2.10. The normalized spacial score (nSPS) is 12.1. The number of aryl methyl sites for hydroxylation is 1. The zero-order chi connectivity index (χ0) is 17.8. The van der Waals surface area contributed by atoms with Crippen LogP contribution in [0, 0.1) is 6.92 Å². The Balaban J connectivity index is 1.68.